The molecule has 0 unspecified atom stereocenters. The van der Waals surface area contributed by atoms with Crippen LogP contribution in [0.25, 0.3) is 0 Å². The number of aryl methyl sites for hydroxylation is 1. The lowest BCUT2D eigenvalue weighted by Gasteiger charge is -2.07. The Balaban J connectivity index is 3.49. The van der Waals surface area contributed by atoms with Gasteiger partial charge in [0, 0.05) is 26.8 Å². The normalized spacial score (nSPS) is 11.4. The van der Waals surface area contributed by atoms with Gasteiger partial charge in [-0.2, -0.15) is 0 Å². The molecule has 1 aromatic heterocycles. The lowest BCUT2D eigenvalue weighted by molar-refractivity contribution is 0.574. The van der Waals surface area contributed by atoms with Crippen LogP contribution >= 0.6 is 0 Å². The number of rotatable bonds is 4. The second kappa shape index (κ2) is 4.68. The van der Waals surface area contributed by atoms with Crippen LogP contribution in [0, 0.1) is 0 Å². The van der Waals surface area contributed by atoms with Crippen molar-refractivity contribution in [2.75, 3.05) is 6.54 Å². The Labute approximate surface area is 98.1 Å². The molecule has 1 aromatic rings. The summed E-state index contributed by atoms with van der Waals surface area (Å²) in [5.41, 5.74) is -1.44. The van der Waals surface area contributed by atoms with Crippen molar-refractivity contribution in [3.63, 3.8) is 0 Å². The largest absolute Gasteiger partial charge is 0.330 e. The van der Waals surface area contributed by atoms with Gasteiger partial charge in [0.05, 0.1) is 0 Å². The van der Waals surface area contributed by atoms with Gasteiger partial charge in [-0.3, -0.25) is 9.36 Å². The highest BCUT2D eigenvalue weighted by Crippen LogP contribution is 1.98. The Morgan fingerprint density at radius 3 is 2.53 bits per heavy atom. The summed E-state index contributed by atoms with van der Waals surface area (Å²) >= 11 is 0. The second-order valence-electron chi connectivity index (χ2n) is 3.39. The van der Waals surface area contributed by atoms with Crippen molar-refractivity contribution in [2.24, 2.45) is 14.1 Å². The zero-order valence-corrected chi connectivity index (χ0v) is 10.3. The third kappa shape index (κ3) is 2.53. The van der Waals surface area contributed by atoms with E-state index in [-0.39, 0.29) is 6.54 Å². The Bertz CT molecular complexity index is 654. The summed E-state index contributed by atoms with van der Waals surface area (Å²) < 4.78 is 27.4. The van der Waals surface area contributed by atoms with Gasteiger partial charge in [-0.05, 0) is 0 Å². The molecule has 0 aliphatic rings. The fourth-order valence-electron chi connectivity index (χ4n) is 1.21. The molecule has 0 aromatic carbocycles. The van der Waals surface area contributed by atoms with Crippen LogP contribution in [-0.4, -0.2) is 24.1 Å². The highest BCUT2D eigenvalue weighted by atomic mass is 32.2. The van der Waals surface area contributed by atoms with E-state index in [1.165, 1.54) is 20.2 Å². The molecule has 0 fully saturated rings. The van der Waals surface area contributed by atoms with Crippen molar-refractivity contribution < 1.29 is 8.42 Å². The van der Waals surface area contributed by atoms with Gasteiger partial charge in [0.1, 0.15) is 0 Å². The molecule has 1 heterocycles. The minimum absolute atomic E-state index is 0.00826. The number of hydrogen-bond acceptors (Lipinski definition) is 4. The summed E-state index contributed by atoms with van der Waals surface area (Å²) in [7, 11) is -1.34. The molecule has 0 atom stereocenters. The summed E-state index contributed by atoms with van der Waals surface area (Å²) in [6.45, 7) is 3.37. The van der Waals surface area contributed by atoms with Gasteiger partial charge in [-0.25, -0.2) is 17.9 Å². The van der Waals surface area contributed by atoms with Crippen LogP contribution in [0.3, 0.4) is 0 Å². The summed E-state index contributed by atoms with van der Waals surface area (Å²) in [5.74, 6) is 0. The molecule has 0 amide bonds. The maximum Gasteiger partial charge on any atom is 0.330 e. The third-order valence-corrected chi connectivity index (χ3v) is 3.53. The van der Waals surface area contributed by atoms with Gasteiger partial charge < -0.3 is 4.57 Å². The van der Waals surface area contributed by atoms with Crippen LogP contribution in [0.1, 0.15) is 0 Å². The Morgan fingerprint density at radius 1 is 1.41 bits per heavy atom. The van der Waals surface area contributed by atoms with E-state index < -0.39 is 26.2 Å². The molecule has 0 bridgehead atoms. The van der Waals surface area contributed by atoms with Crippen LogP contribution in [0.5, 0.6) is 0 Å². The second-order valence-corrected chi connectivity index (χ2v) is 5.13. The minimum atomic E-state index is -3.93. The molecular weight excluding hydrogens is 246 g/mol. The van der Waals surface area contributed by atoms with E-state index in [0.717, 1.165) is 15.3 Å². The maximum absolute atomic E-state index is 11.7. The van der Waals surface area contributed by atoms with E-state index in [9.17, 15) is 18.0 Å². The van der Waals surface area contributed by atoms with E-state index in [4.69, 9.17) is 0 Å². The van der Waals surface area contributed by atoms with Gasteiger partial charge in [0.15, 0.2) is 4.90 Å². The fourth-order valence-corrected chi connectivity index (χ4v) is 2.36. The van der Waals surface area contributed by atoms with Gasteiger partial charge in [-0.1, -0.05) is 6.08 Å². The van der Waals surface area contributed by atoms with Crippen molar-refractivity contribution >= 4 is 10.0 Å². The Morgan fingerprint density at radius 2 is 2.00 bits per heavy atom. The standard InChI is InChI=1S/C9H13N3O4S/c1-4-5-10-17(15,16)7-6-11(2)9(14)12(3)8(7)13/h4,6,10H,1,5H2,2-3H3. The summed E-state index contributed by atoms with van der Waals surface area (Å²) in [5, 5.41) is 0. The maximum atomic E-state index is 11.7. The highest BCUT2D eigenvalue weighted by Gasteiger charge is 2.20. The molecule has 0 spiro atoms. The first-order valence-corrected chi connectivity index (χ1v) is 6.17. The van der Waals surface area contributed by atoms with Gasteiger partial charge in [0.2, 0.25) is 10.0 Å². The van der Waals surface area contributed by atoms with Crippen molar-refractivity contribution in [1.29, 1.82) is 0 Å². The van der Waals surface area contributed by atoms with Crippen molar-refractivity contribution in [1.82, 2.24) is 13.9 Å². The molecule has 0 aliphatic carbocycles. The summed E-state index contributed by atoms with van der Waals surface area (Å²) in [4.78, 5) is 22.6. The predicted octanol–water partition coefficient (Wildman–Crippen LogP) is -1.45. The van der Waals surface area contributed by atoms with E-state index in [1.807, 2.05) is 0 Å². The molecule has 8 heteroatoms. The van der Waals surface area contributed by atoms with E-state index in [0.29, 0.717) is 0 Å². The van der Waals surface area contributed by atoms with E-state index in [2.05, 4.69) is 11.3 Å². The molecule has 7 nitrogen and oxygen atoms in total. The topological polar surface area (TPSA) is 90.2 Å². The Kier molecular flexibility index (Phi) is 3.69. The lowest BCUT2D eigenvalue weighted by Crippen LogP contribution is -2.41. The molecular formula is C9H13N3O4S. The number of sulfonamides is 1. The highest BCUT2D eigenvalue weighted by molar-refractivity contribution is 7.89. The van der Waals surface area contributed by atoms with Gasteiger partial charge in [-0.15, -0.1) is 6.58 Å². The average molecular weight is 259 g/mol. The molecule has 17 heavy (non-hydrogen) atoms. The molecule has 1 N–H and O–H groups in total. The number of aromatic nitrogens is 2. The zero-order valence-electron chi connectivity index (χ0n) is 9.50. The number of nitrogens with one attached hydrogen (secondary N) is 1. The molecule has 94 valence electrons. The van der Waals surface area contributed by atoms with E-state index >= 15 is 0 Å². The third-order valence-electron chi connectivity index (χ3n) is 2.12. The van der Waals surface area contributed by atoms with Crippen molar-refractivity contribution in [2.45, 2.75) is 4.90 Å². The van der Waals surface area contributed by atoms with Crippen molar-refractivity contribution in [3.8, 4) is 0 Å². The molecule has 0 aliphatic heterocycles. The van der Waals surface area contributed by atoms with Crippen LogP contribution < -0.4 is 16.0 Å². The number of nitrogens with zero attached hydrogens (tertiary/aromatic N) is 2. The van der Waals surface area contributed by atoms with Gasteiger partial charge in [0.25, 0.3) is 5.56 Å². The van der Waals surface area contributed by atoms with Crippen molar-refractivity contribution in [3.05, 3.63) is 39.7 Å². The predicted molar refractivity (Wildman–Crippen MR) is 62.3 cm³/mol. The smallest absolute Gasteiger partial charge is 0.302 e. The van der Waals surface area contributed by atoms with Gasteiger partial charge >= 0.3 is 5.69 Å². The number of hydrogen-bond donors (Lipinski definition) is 1. The van der Waals surface area contributed by atoms with Crippen LogP contribution in [0.15, 0.2) is 33.3 Å². The van der Waals surface area contributed by atoms with Crippen LogP contribution in [0.4, 0.5) is 0 Å². The molecule has 0 saturated carbocycles. The summed E-state index contributed by atoms with van der Waals surface area (Å²) in [6, 6.07) is 0. The first kappa shape index (κ1) is 13.4. The monoisotopic (exact) mass is 259 g/mol. The summed E-state index contributed by atoms with van der Waals surface area (Å²) in [6.07, 6.45) is 2.35. The average Bonchev–Trinajstić information content (AvgIpc) is 2.28. The minimum Gasteiger partial charge on any atom is -0.302 e. The molecule has 1 rings (SSSR count). The SMILES string of the molecule is C=CCNS(=O)(=O)c1cn(C)c(=O)n(C)c1=O. The first-order valence-electron chi connectivity index (χ1n) is 4.68. The molecule has 0 radical (unpaired) electrons. The first-order chi connectivity index (χ1) is 7.81. The molecule has 0 saturated heterocycles. The fraction of sp³-hybridized carbons (Fsp3) is 0.333. The quantitative estimate of drug-likeness (QED) is 0.670. The van der Waals surface area contributed by atoms with E-state index in [1.54, 1.807) is 0 Å². The lowest BCUT2D eigenvalue weighted by atomic mass is 10.6. The van der Waals surface area contributed by atoms with Crippen LogP contribution in [-0.2, 0) is 24.1 Å². The Hall–Kier alpha value is -1.67. The zero-order chi connectivity index (χ0) is 13.2. The van der Waals surface area contributed by atoms with Crippen LogP contribution in [0.2, 0.25) is 0 Å².